The zero-order chi connectivity index (χ0) is 6.28. The van der Waals surface area contributed by atoms with E-state index in [0.29, 0.717) is 0 Å². The molecule has 0 bridgehead atoms. The van der Waals surface area contributed by atoms with E-state index in [9.17, 15) is 0 Å². The van der Waals surface area contributed by atoms with Crippen LogP contribution in [-0.4, -0.2) is 11.1 Å². The molecule has 0 fully saturated rings. The van der Waals surface area contributed by atoms with Crippen LogP contribution >= 0.6 is 12.4 Å². The summed E-state index contributed by atoms with van der Waals surface area (Å²) in [5.41, 5.74) is 0. The van der Waals surface area contributed by atoms with Gasteiger partial charge in [0.15, 0.2) is 0 Å². The van der Waals surface area contributed by atoms with Crippen LogP contribution in [-0.2, 0) is 30.9 Å². The largest absolute Gasteiger partial charge is 0.147 e. The van der Waals surface area contributed by atoms with Gasteiger partial charge in [0.2, 0.25) is 0 Å². The molecule has 0 saturated heterocycles. The maximum Gasteiger partial charge on any atom is -0.147 e. The fourth-order valence-corrected chi connectivity index (χ4v) is 0. The average Bonchev–Trinajstić information content (AvgIpc) is 1.33. The molecular formula is C4H10ClHgO2. The van der Waals surface area contributed by atoms with Crippen molar-refractivity contribution in [2.75, 3.05) is 0 Å². The van der Waals surface area contributed by atoms with Crippen LogP contribution in [0.25, 0.3) is 0 Å². The second-order valence-electron chi connectivity index (χ2n) is 1.02. The first kappa shape index (κ1) is 15.9. The molecule has 1 N–H and O–H groups in total. The van der Waals surface area contributed by atoms with Crippen molar-refractivity contribution < 1.29 is 36.0 Å². The molecule has 2 nitrogen and oxygen atoms in total. The molecule has 0 aliphatic carbocycles. The van der Waals surface area contributed by atoms with Gasteiger partial charge >= 0.3 is 37.0 Å². The first-order valence-electron chi connectivity index (χ1n) is 2.13. The summed E-state index contributed by atoms with van der Waals surface area (Å²) in [6.07, 6.45) is 0. The number of halogens is 1. The van der Waals surface area contributed by atoms with Crippen molar-refractivity contribution in [1.82, 2.24) is 0 Å². The Morgan fingerprint density at radius 3 is 1.75 bits per heavy atom. The zero-order valence-corrected chi connectivity index (χ0v) is 11.5. The summed E-state index contributed by atoms with van der Waals surface area (Å²) >= 11 is 1.07. The van der Waals surface area contributed by atoms with Gasteiger partial charge in [-0.15, -0.1) is 12.4 Å². The smallest absolute Gasteiger partial charge is 0.147 e. The number of hydrogen-bond donors (Lipinski definition) is 1. The van der Waals surface area contributed by atoms with E-state index in [4.69, 9.17) is 9.90 Å². The van der Waals surface area contributed by atoms with Crippen LogP contribution < -0.4 is 0 Å². The molecule has 0 rings (SSSR count). The summed E-state index contributed by atoms with van der Waals surface area (Å²) in [4.78, 5) is 9.00. The number of hydrogen-bond acceptors (Lipinski definition) is 1. The van der Waals surface area contributed by atoms with Crippen molar-refractivity contribution in [2.24, 2.45) is 0 Å². The van der Waals surface area contributed by atoms with Crippen molar-refractivity contribution in [3.05, 3.63) is 0 Å². The number of carboxylic acids is 1. The summed E-state index contributed by atoms with van der Waals surface area (Å²) in [7, 11) is 0. The van der Waals surface area contributed by atoms with Crippen molar-refractivity contribution >= 4 is 18.4 Å². The molecule has 0 aliphatic heterocycles. The zero-order valence-electron chi connectivity index (χ0n) is 5.18. The van der Waals surface area contributed by atoms with Gasteiger partial charge < -0.3 is 5.11 Å². The number of rotatable bonds is 0. The van der Waals surface area contributed by atoms with E-state index < -0.39 is 5.97 Å². The Labute approximate surface area is 72.0 Å². The van der Waals surface area contributed by atoms with Crippen LogP contribution in [0.2, 0.25) is 3.93 Å². The molecular weight excluding hydrogens is 316 g/mol. The molecule has 0 spiro atoms. The van der Waals surface area contributed by atoms with Gasteiger partial charge in [0.1, 0.15) is 0 Å². The van der Waals surface area contributed by atoms with Gasteiger partial charge in [-0.1, -0.05) is 0 Å². The number of carbonyl (C=O) groups is 1. The van der Waals surface area contributed by atoms with Crippen LogP contribution in [0, 0.1) is 0 Å². The van der Waals surface area contributed by atoms with E-state index in [1.165, 1.54) is 3.93 Å². The average molecular weight is 326 g/mol. The van der Waals surface area contributed by atoms with E-state index >= 15 is 0 Å². The summed E-state index contributed by atoms with van der Waals surface area (Å²) in [6, 6.07) is 0. The molecule has 0 unspecified atom stereocenters. The van der Waals surface area contributed by atoms with Crippen LogP contribution in [0.5, 0.6) is 0 Å². The predicted molar refractivity (Wildman–Crippen MR) is 31.0 cm³/mol. The normalized spacial score (nSPS) is 5.50. The van der Waals surface area contributed by atoms with Gasteiger partial charge in [-0.3, -0.25) is 4.79 Å². The molecule has 0 radical (unpaired) electrons. The summed E-state index contributed by atoms with van der Waals surface area (Å²) in [5.74, 6) is -0.833. The third kappa shape index (κ3) is 449. The Morgan fingerprint density at radius 2 is 1.75 bits per heavy atom. The monoisotopic (exact) mass is 327 g/mol. The van der Waals surface area contributed by atoms with Crippen LogP contribution in [0.15, 0.2) is 0 Å². The number of aliphatic carboxylic acids is 1. The number of carboxylic acid groups (broad SMARTS) is 1. The van der Waals surface area contributed by atoms with E-state index in [2.05, 4.69) is 6.92 Å². The molecule has 47 valence electrons. The Balaban J connectivity index is -0.0000000575. The molecule has 0 aromatic heterocycles. The SMILES string of the molecule is CC(=O)O.C[CH2][Hg].Cl. The van der Waals surface area contributed by atoms with E-state index in [1.54, 1.807) is 0 Å². The molecule has 0 aromatic rings. The molecule has 0 saturated carbocycles. The standard InChI is InChI=1S/C2H4O2.C2H5.ClH.Hg/c1-2(3)4;1-2;;/h1H3,(H,3,4);1H2,2H3;1H;. The molecule has 0 atom stereocenters. The predicted octanol–water partition coefficient (Wildman–Crippen LogP) is 1.48. The van der Waals surface area contributed by atoms with E-state index in [1.807, 2.05) is 0 Å². The second kappa shape index (κ2) is 15.6. The van der Waals surface area contributed by atoms with Gasteiger partial charge in [0, 0.05) is 6.92 Å². The maximum atomic E-state index is 9.00. The summed E-state index contributed by atoms with van der Waals surface area (Å²) in [5, 5.41) is 7.42. The van der Waals surface area contributed by atoms with E-state index in [0.717, 1.165) is 33.0 Å². The minimum absolute atomic E-state index is 0. The molecule has 4 heteroatoms. The van der Waals surface area contributed by atoms with Gasteiger partial charge in [-0.25, -0.2) is 0 Å². The van der Waals surface area contributed by atoms with Crippen LogP contribution in [0.4, 0.5) is 0 Å². The molecule has 0 amide bonds. The minimum Gasteiger partial charge on any atom is -0.147 e. The minimum atomic E-state index is -0.833. The van der Waals surface area contributed by atoms with Gasteiger partial charge in [-0.2, -0.15) is 0 Å². The Morgan fingerprint density at radius 1 is 1.75 bits per heavy atom. The molecule has 0 heterocycles. The quantitative estimate of drug-likeness (QED) is 0.685. The Hall–Kier alpha value is 0.695. The molecule has 0 aliphatic rings. The van der Waals surface area contributed by atoms with Crippen molar-refractivity contribution in [2.45, 2.75) is 17.8 Å². The third-order valence-corrected chi connectivity index (χ3v) is 0. The second-order valence-corrected chi connectivity index (χ2v) is 4.91. The first-order valence-corrected chi connectivity index (χ1v) is 6.02. The topological polar surface area (TPSA) is 37.3 Å². The van der Waals surface area contributed by atoms with Crippen molar-refractivity contribution in [3.63, 3.8) is 0 Å². The molecule has 0 aromatic carbocycles. The van der Waals surface area contributed by atoms with Crippen molar-refractivity contribution in [3.8, 4) is 0 Å². The fraction of sp³-hybridized carbons (Fsp3) is 0.750. The van der Waals surface area contributed by atoms with E-state index in [-0.39, 0.29) is 12.4 Å². The Kier molecular flexibility index (Phi) is 31.0. The van der Waals surface area contributed by atoms with Gasteiger partial charge in [-0.05, 0) is 0 Å². The van der Waals surface area contributed by atoms with Crippen LogP contribution in [0.3, 0.4) is 0 Å². The van der Waals surface area contributed by atoms with Crippen molar-refractivity contribution in [1.29, 1.82) is 0 Å². The Bertz CT molecular complexity index is 45.3. The third-order valence-electron chi connectivity index (χ3n) is 0. The fourth-order valence-electron chi connectivity index (χ4n) is 0. The van der Waals surface area contributed by atoms with Gasteiger partial charge in [0.25, 0.3) is 5.97 Å². The summed E-state index contributed by atoms with van der Waals surface area (Å²) in [6.45, 7) is 3.29. The summed E-state index contributed by atoms with van der Waals surface area (Å²) < 4.78 is 1.44. The maximum absolute atomic E-state index is 9.00. The molecule has 8 heavy (non-hydrogen) atoms. The van der Waals surface area contributed by atoms with Gasteiger partial charge in [0.05, 0.1) is 0 Å². The first-order chi connectivity index (χ1) is 3.15. The van der Waals surface area contributed by atoms with Crippen LogP contribution in [0.1, 0.15) is 13.8 Å².